The number of amides is 1. The quantitative estimate of drug-likeness (QED) is 0.763. The summed E-state index contributed by atoms with van der Waals surface area (Å²) in [6.07, 6.45) is -3.26. The third kappa shape index (κ3) is 1.78. The fourth-order valence-electron chi connectivity index (χ4n) is 1.38. The number of benzene rings is 1. The molecule has 2 rings (SSSR count). The van der Waals surface area contributed by atoms with Crippen molar-refractivity contribution in [2.45, 2.75) is 12.8 Å². The lowest BCUT2D eigenvalue weighted by molar-refractivity contribution is -0.117. The van der Waals surface area contributed by atoms with Gasteiger partial charge in [0.1, 0.15) is 17.2 Å². The molecule has 1 aliphatic heterocycles. The van der Waals surface area contributed by atoms with Crippen molar-refractivity contribution in [2.24, 2.45) is 5.10 Å². The predicted molar refractivity (Wildman–Crippen MR) is 51.9 cm³/mol. The van der Waals surface area contributed by atoms with E-state index in [0.717, 1.165) is 6.07 Å². The van der Waals surface area contributed by atoms with Crippen LogP contribution < -0.4 is 5.01 Å². The molecule has 0 N–H and O–H groups in total. The van der Waals surface area contributed by atoms with Crippen LogP contribution in [-0.2, 0) is 4.79 Å². The minimum atomic E-state index is -2.79. The van der Waals surface area contributed by atoms with Crippen LogP contribution in [0.2, 0.25) is 0 Å². The summed E-state index contributed by atoms with van der Waals surface area (Å²) in [5.74, 6) is -1.32. The lowest BCUT2D eigenvalue weighted by atomic mass is 10.2. The van der Waals surface area contributed by atoms with Crippen LogP contribution in [0.5, 0.6) is 0 Å². The minimum absolute atomic E-state index is 0.108. The number of halogens is 3. The third-order valence-corrected chi connectivity index (χ3v) is 2.13. The number of hydrogen-bond donors (Lipinski definition) is 0. The molecule has 1 aromatic rings. The van der Waals surface area contributed by atoms with Crippen molar-refractivity contribution in [3.63, 3.8) is 0 Å². The van der Waals surface area contributed by atoms with Gasteiger partial charge in [-0.25, -0.2) is 13.2 Å². The van der Waals surface area contributed by atoms with Crippen molar-refractivity contribution in [3.8, 4) is 0 Å². The van der Waals surface area contributed by atoms with E-state index in [0.29, 0.717) is 5.01 Å². The summed E-state index contributed by atoms with van der Waals surface area (Å²) in [6.45, 7) is 0. The van der Waals surface area contributed by atoms with Gasteiger partial charge in [0, 0.05) is 0 Å². The predicted octanol–water partition coefficient (Wildman–Crippen LogP) is 2.18. The number of rotatable bonds is 2. The molecule has 16 heavy (non-hydrogen) atoms. The zero-order valence-corrected chi connectivity index (χ0v) is 8.03. The first-order chi connectivity index (χ1) is 7.59. The van der Waals surface area contributed by atoms with E-state index in [-0.39, 0.29) is 5.69 Å². The molecule has 0 bridgehead atoms. The van der Waals surface area contributed by atoms with E-state index in [9.17, 15) is 18.0 Å². The second-order valence-electron chi connectivity index (χ2n) is 3.23. The maximum Gasteiger partial charge on any atom is 0.278 e. The van der Waals surface area contributed by atoms with Crippen LogP contribution in [0.1, 0.15) is 6.42 Å². The SMILES string of the molecule is O=C1CC(C(F)F)=NN1c1ccccc1F. The summed E-state index contributed by atoms with van der Waals surface area (Å²) >= 11 is 0. The van der Waals surface area contributed by atoms with E-state index < -0.39 is 30.3 Å². The largest absolute Gasteiger partial charge is 0.278 e. The Labute approximate surface area is 89.2 Å². The van der Waals surface area contributed by atoms with E-state index in [2.05, 4.69) is 5.10 Å². The van der Waals surface area contributed by atoms with Crippen LogP contribution >= 0.6 is 0 Å². The molecule has 0 saturated carbocycles. The zero-order valence-electron chi connectivity index (χ0n) is 8.03. The van der Waals surface area contributed by atoms with Crippen molar-refractivity contribution in [1.82, 2.24) is 0 Å². The Hall–Kier alpha value is -1.85. The van der Waals surface area contributed by atoms with Crippen molar-refractivity contribution in [3.05, 3.63) is 30.1 Å². The number of carbonyl (C=O) groups excluding carboxylic acids is 1. The molecule has 84 valence electrons. The van der Waals surface area contributed by atoms with Gasteiger partial charge in [-0.05, 0) is 12.1 Å². The Morgan fingerprint density at radius 2 is 2.00 bits per heavy atom. The van der Waals surface area contributed by atoms with E-state index in [4.69, 9.17) is 0 Å². The van der Waals surface area contributed by atoms with Gasteiger partial charge in [-0.3, -0.25) is 4.79 Å². The van der Waals surface area contributed by atoms with Crippen LogP contribution in [0.15, 0.2) is 29.4 Å². The van der Waals surface area contributed by atoms with Crippen molar-refractivity contribution in [1.29, 1.82) is 0 Å². The maximum atomic E-state index is 13.3. The highest BCUT2D eigenvalue weighted by Gasteiger charge is 2.31. The van der Waals surface area contributed by atoms with Gasteiger partial charge in [-0.1, -0.05) is 12.1 Å². The molecule has 0 atom stereocenters. The molecule has 0 unspecified atom stereocenters. The van der Waals surface area contributed by atoms with Crippen LogP contribution in [0, 0.1) is 5.82 Å². The van der Waals surface area contributed by atoms with Gasteiger partial charge in [0.2, 0.25) is 0 Å². The van der Waals surface area contributed by atoms with E-state index in [1.807, 2.05) is 0 Å². The van der Waals surface area contributed by atoms with E-state index in [1.165, 1.54) is 18.2 Å². The lowest BCUT2D eigenvalue weighted by Crippen LogP contribution is -2.20. The molecular weight excluding hydrogens is 221 g/mol. The van der Waals surface area contributed by atoms with Gasteiger partial charge in [-0.2, -0.15) is 10.1 Å². The molecule has 1 aliphatic rings. The first-order valence-electron chi connectivity index (χ1n) is 4.52. The smallest absolute Gasteiger partial charge is 0.272 e. The second-order valence-corrected chi connectivity index (χ2v) is 3.23. The summed E-state index contributed by atoms with van der Waals surface area (Å²) < 4.78 is 37.9. The minimum Gasteiger partial charge on any atom is -0.272 e. The number of anilines is 1. The normalized spacial score (nSPS) is 15.9. The van der Waals surface area contributed by atoms with Gasteiger partial charge in [-0.15, -0.1) is 0 Å². The molecule has 0 aromatic heterocycles. The molecule has 1 heterocycles. The molecule has 3 nitrogen and oxygen atoms in total. The molecule has 1 amide bonds. The fraction of sp³-hybridized carbons (Fsp3) is 0.200. The Kier molecular flexibility index (Phi) is 2.64. The molecule has 0 radical (unpaired) electrons. The topological polar surface area (TPSA) is 32.7 Å². The van der Waals surface area contributed by atoms with Crippen LogP contribution in [0.25, 0.3) is 0 Å². The Morgan fingerprint density at radius 1 is 1.31 bits per heavy atom. The lowest BCUT2D eigenvalue weighted by Gasteiger charge is -2.11. The average Bonchev–Trinajstić information content (AvgIpc) is 2.61. The fourth-order valence-corrected chi connectivity index (χ4v) is 1.38. The number of nitrogens with zero attached hydrogens (tertiary/aromatic N) is 2. The van der Waals surface area contributed by atoms with Crippen LogP contribution in [-0.4, -0.2) is 18.0 Å². The van der Waals surface area contributed by atoms with E-state index >= 15 is 0 Å². The molecule has 6 heteroatoms. The van der Waals surface area contributed by atoms with E-state index in [1.54, 1.807) is 0 Å². The standard InChI is InChI=1S/C10H7F3N2O/c11-6-3-1-2-4-8(6)15-9(16)5-7(14-15)10(12)13/h1-4,10H,5H2. The monoisotopic (exact) mass is 228 g/mol. The third-order valence-electron chi connectivity index (χ3n) is 2.13. The molecule has 0 aliphatic carbocycles. The Balaban J connectivity index is 2.36. The average molecular weight is 228 g/mol. The summed E-state index contributed by atoms with van der Waals surface area (Å²) in [5.41, 5.74) is -0.642. The Morgan fingerprint density at radius 3 is 2.56 bits per heavy atom. The number of hydrazone groups is 1. The van der Waals surface area contributed by atoms with Crippen molar-refractivity contribution >= 4 is 17.3 Å². The number of para-hydroxylation sites is 1. The molecule has 0 fully saturated rings. The Bertz CT molecular complexity index is 459. The van der Waals surface area contributed by atoms with Gasteiger partial charge in [0.15, 0.2) is 0 Å². The van der Waals surface area contributed by atoms with Gasteiger partial charge >= 0.3 is 0 Å². The molecule has 0 spiro atoms. The first kappa shape index (κ1) is 10.7. The second kappa shape index (κ2) is 3.96. The highest BCUT2D eigenvalue weighted by atomic mass is 19.3. The highest BCUT2D eigenvalue weighted by Crippen LogP contribution is 2.24. The van der Waals surface area contributed by atoms with Crippen molar-refractivity contribution in [2.75, 3.05) is 5.01 Å². The number of alkyl halides is 2. The summed E-state index contributed by atoms with van der Waals surface area (Å²) in [5, 5.41) is 4.09. The highest BCUT2D eigenvalue weighted by molar-refractivity contribution is 6.14. The summed E-state index contributed by atoms with van der Waals surface area (Å²) in [6, 6.07) is 5.39. The molecular formula is C10H7F3N2O. The molecule has 0 saturated heterocycles. The maximum absolute atomic E-state index is 13.3. The van der Waals surface area contributed by atoms with Crippen molar-refractivity contribution < 1.29 is 18.0 Å². The zero-order chi connectivity index (χ0) is 11.7. The van der Waals surface area contributed by atoms with Gasteiger partial charge in [0.05, 0.1) is 6.42 Å². The summed E-state index contributed by atoms with van der Waals surface area (Å²) in [7, 11) is 0. The molecule has 1 aromatic carbocycles. The number of carbonyl (C=O) groups is 1. The van der Waals surface area contributed by atoms with Crippen LogP contribution in [0.4, 0.5) is 18.9 Å². The van der Waals surface area contributed by atoms with Crippen LogP contribution in [0.3, 0.4) is 0 Å². The van der Waals surface area contributed by atoms with Gasteiger partial charge in [0.25, 0.3) is 12.3 Å². The number of hydrogen-bond acceptors (Lipinski definition) is 2. The first-order valence-corrected chi connectivity index (χ1v) is 4.52. The van der Waals surface area contributed by atoms with Gasteiger partial charge < -0.3 is 0 Å². The summed E-state index contributed by atoms with van der Waals surface area (Å²) in [4.78, 5) is 11.4.